The van der Waals surface area contributed by atoms with Crippen molar-refractivity contribution in [2.45, 2.75) is 62.9 Å². The lowest BCUT2D eigenvalue weighted by Crippen LogP contribution is -2.36. The molecule has 0 aliphatic carbocycles. The maximum absolute atomic E-state index is 14.2. The molecule has 240 valence electrons. The van der Waals surface area contributed by atoms with Crippen molar-refractivity contribution in [3.8, 4) is 0 Å². The number of benzene rings is 2. The predicted octanol–water partition coefficient (Wildman–Crippen LogP) is 5.60. The molecule has 2 aromatic carbocycles. The molecule has 1 fully saturated rings. The van der Waals surface area contributed by atoms with E-state index >= 15 is 0 Å². The highest BCUT2D eigenvalue weighted by Crippen LogP contribution is 2.33. The third kappa shape index (κ3) is 7.49. The highest BCUT2D eigenvalue weighted by atomic mass is 32.2. The van der Waals surface area contributed by atoms with Crippen molar-refractivity contribution in [1.82, 2.24) is 14.9 Å². The Morgan fingerprint density at radius 1 is 1.02 bits per heavy atom. The predicted molar refractivity (Wildman–Crippen MR) is 179 cm³/mol. The topological polar surface area (TPSA) is 136 Å². The second-order valence-electron chi connectivity index (χ2n) is 11.6. The standard InChI is InChI=1S/C34H44N6O4S/c1-2-3-4-5-6-10-18-38-20-21-39(34(38)42)30-13-14-32(45(43,44)40(19-16-35)29-11-8-7-9-12-29)27(23-30)24-31(41)28-22-26-15-17-36-33(26)37-25-28/h7-9,11-15,17,22-23,25,31,41H,2-6,10,16,18-21,24,35H2,1H3,(H,36,37). The van der Waals surface area contributed by atoms with Gasteiger partial charge in [-0.1, -0.05) is 57.2 Å². The number of unbranched alkanes of at least 4 members (excludes halogenated alkanes) is 5. The fourth-order valence-corrected chi connectivity index (χ4v) is 7.64. The van der Waals surface area contributed by atoms with E-state index in [9.17, 15) is 18.3 Å². The van der Waals surface area contributed by atoms with Gasteiger partial charge in [-0.15, -0.1) is 0 Å². The second kappa shape index (κ2) is 14.9. The van der Waals surface area contributed by atoms with Crippen LogP contribution in [0.5, 0.6) is 0 Å². The fourth-order valence-electron chi connectivity index (χ4n) is 5.94. The molecule has 1 unspecified atom stereocenters. The maximum Gasteiger partial charge on any atom is 0.324 e. The van der Waals surface area contributed by atoms with E-state index < -0.39 is 16.1 Å². The monoisotopic (exact) mass is 632 g/mol. The number of nitrogens with one attached hydrogen (secondary N) is 1. The number of hydrogen-bond donors (Lipinski definition) is 3. The van der Waals surface area contributed by atoms with Gasteiger partial charge in [-0.05, 0) is 60.0 Å². The number of urea groups is 1. The summed E-state index contributed by atoms with van der Waals surface area (Å²) in [5.41, 5.74) is 8.66. The SMILES string of the molecule is CCCCCCCCN1CCN(c2ccc(S(=O)(=O)N(CCN)c3ccccc3)c(CC(O)c3cnc4[nH]ccc4c3)c2)C1=O. The number of anilines is 2. The lowest BCUT2D eigenvalue weighted by atomic mass is 10.0. The van der Waals surface area contributed by atoms with Crippen LogP contribution in [-0.4, -0.2) is 67.1 Å². The van der Waals surface area contributed by atoms with E-state index in [0.29, 0.717) is 47.8 Å². The van der Waals surface area contributed by atoms with Crippen LogP contribution in [0.3, 0.4) is 0 Å². The molecule has 0 bridgehead atoms. The molecule has 5 rings (SSSR count). The van der Waals surface area contributed by atoms with Crippen LogP contribution in [0, 0.1) is 0 Å². The average molecular weight is 633 g/mol. The summed E-state index contributed by atoms with van der Waals surface area (Å²) >= 11 is 0. The Bertz CT molecular complexity index is 1680. The minimum absolute atomic E-state index is 0.00870. The number of nitrogens with zero attached hydrogens (tertiary/aromatic N) is 4. The van der Waals surface area contributed by atoms with Crippen LogP contribution in [0.15, 0.2) is 78.0 Å². The number of aliphatic hydroxyl groups excluding tert-OH is 1. The number of carbonyl (C=O) groups is 1. The highest BCUT2D eigenvalue weighted by molar-refractivity contribution is 7.92. The number of nitrogens with two attached hydrogens (primary N) is 1. The molecule has 0 saturated carbocycles. The molecule has 11 heteroatoms. The van der Waals surface area contributed by atoms with Crippen LogP contribution in [0.2, 0.25) is 0 Å². The van der Waals surface area contributed by atoms with Gasteiger partial charge in [0.2, 0.25) is 0 Å². The Morgan fingerprint density at radius 3 is 2.58 bits per heavy atom. The number of hydrogen-bond acceptors (Lipinski definition) is 6. The lowest BCUT2D eigenvalue weighted by Gasteiger charge is -2.27. The molecule has 45 heavy (non-hydrogen) atoms. The van der Waals surface area contributed by atoms with E-state index in [1.54, 1.807) is 59.8 Å². The summed E-state index contributed by atoms with van der Waals surface area (Å²) in [6, 6.07) is 17.5. The van der Waals surface area contributed by atoms with Crippen LogP contribution in [0.25, 0.3) is 11.0 Å². The van der Waals surface area contributed by atoms with Crippen molar-refractivity contribution in [3.63, 3.8) is 0 Å². The van der Waals surface area contributed by atoms with Crippen molar-refractivity contribution >= 4 is 38.5 Å². The number of H-pyrrole nitrogens is 1. The number of carbonyl (C=O) groups excluding carboxylic acids is 1. The Hall–Kier alpha value is -3.93. The van der Waals surface area contributed by atoms with E-state index in [0.717, 1.165) is 18.2 Å². The van der Waals surface area contributed by atoms with Gasteiger partial charge >= 0.3 is 6.03 Å². The number of sulfonamides is 1. The molecule has 1 aliphatic heterocycles. The molecule has 10 nitrogen and oxygen atoms in total. The van der Waals surface area contributed by atoms with Crippen molar-refractivity contribution < 1.29 is 18.3 Å². The van der Waals surface area contributed by atoms with Crippen molar-refractivity contribution in [1.29, 1.82) is 0 Å². The number of pyridine rings is 1. The zero-order valence-electron chi connectivity index (χ0n) is 25.9. The molecular formula is C34H44N6O4S. The smallest absolute Gasteiger partial charge is 0.324 e. The summed E-state index contributed by atoms with van der Waals surface area (Å²) in [4.78, 5) is 24.5. The Kier molecular flexibility index (Phi) is 10.7. The summed E-state index contributed by atoms with van der Waals surface area (Å²) in [6.07, 6.45) is 9.27. The van der Waals surface area contributed by atoms with Crippen LogP contribution in [0.4, 0.5) is 16.2 Å². The van der Waals surface area contributed by atoms with Gasteiger partial charge in [0.1, 0.15) is 5.65 Å². The van der Waals surface area contributed by atoms with E-state index in [1.165, 1.54) is 30.0 Å². The Morgan fingerprint density at radius 2 is 1.80 bits per heavy atom. The van der Waals surface area contributed by atoms with Gasteiger partial charge in [-0.2, -0.15) is 0 Å². The molecule has 1 aliphatic rings. The van der Waals surface area contributed by atoms with Crippen LogP contribution >= 0.6 is 0 Å². The zero-order chi connectivity index (χ0) is 31.8. The Balaban J connectivity index is 1.44. The number of aromatic nitrogens is 2. The van der Waals surface area contributed by atoms with E-state index in [2.05, 4.69) is 16.9 Å². The second-order valence-corrected chi connectivity index (χ2v) is 13.4. The molecule has 3 heterocycles. The largest absolute Gasteiger partial charge is 0.388 e. The van der Waals surface area contributed by atoms with Gasteiger partial charge in [0.15, 0.2) is 0 Å². The first kappa shape index (κ1) is 32.5. The number of aliphatic hydroxyl groups is 1. The van der Waals surface area contributed by atoms with Crippen molar-refractivity contribution in [2.75, 3.05) is 41.9 Å². The molecule has 2 amide bonds. The van der Waals surface area contributed by atoms with Gasteiger partial charge in [0.05, 0.1) is 16.7 Å². The van der Waals surface area contributed by atoms with Crippen LogP contribution in [0.1, 0.15) is 62.7 Å². The average Bonchev–Trinajstić information content (AvgIpc) is 3.67. The van der Waals surface area contributed by atoms with Gasteiger partial charge in [0.25, 0.3) is 10.0 Å². The molecule has 1 atom stereocenters. The van der Waals surface area contributed by atoms with Crippen molar-refractivity contribution in [2.24, 2.45) is 5.73 Å². The van der Waals surface area contributed by atoms with Gasteiger partial charge in [-0.3, -0.25) is 9.21 Å². The molecule has 1 saturated heterocycles. The summed E-state index contributed by atoms with van der Waals surface area (Å²) in [5, 5.41) is 12.2. The van der Waals surface area contributed by atoms with E-state index in [1.807, 2.05) is 23.1 Å². The van der Waals surface area contributed by atoms with Gasteiger partial charge < -0.3 is 20.7 Å². The van der Waals surface area contributed by atoms with Gasteiger partial charge in [0, 0.05) is 62.6 Å². The third-order valence-corrected chi connectivity index (χ3v) is 10.3. The molecular weight excluding hydrogens is 588 g/mol. The third-order valence-electron chi connectivity index (χ3n) is 8.40. The van der Waals surface area contributed by atoms with Gasteiger partial charge in [-0.25, -0.2) is 18.2 Å². The summed E-state index contributed by atoms with van der Waals surface area (Å²) in [6.45, 7) is 4.25. The van der Waals surface area contributed by atoms with Crippen LogP contribution in [-0.2, 0) is 16.4 Å². The fraction of sp³-hybridized carbons (Fsp3) is 0.412. The number of rotatable bonds is 16. The summed E-state index contributed by atoms with van der Waals surface area (Å²) in [7, 11) is -4.08. The number of para-hydroxylation sites is 1. The quantitative estimate of drug-likeness (QED) is 0.138. The first-order valence-electron chi connectivity index (χ1n) is 15.9. The summed E-state index contributed by atoms with van der Waals surface area (Å²) < 4.78 is 29.8. The normalized spacial score (nSPS) is 14.4. The number of amides is 2. The molecule has 4 N–H and O–H groups in total. The molecule has 2 aromatic heterocycles. The summed E-state index contributed by atoms with van der Waals surface area (Å²) in [5.74, 6) is 0. The van der Waals surface area contributed by atoms with E-state index in [4.69, 9.17) is 5.73 Å². The minimum atomic E-state index is -4.08. The molecule has 0 radical (unpaired) electrons. The molecule has 4 aromatic rings. The zero-order valence-corrected chi connectivity index (χ0v) is 26.8. The minimum Gasteiger partial charge on any atom is -0.388 e. The first-order valence-corrected chi connectivity index (χ1v) is 17.4. The maximum atomic E-state index is 14.2. The van der Waals surface area contributed by atoms with Crippen LogP contribution < -0.4 is 14.9 Å². The number of aromatic amines is 1. The molecule has 0 spiro atoms. The van der Waals surface area contributed by atoms with E-state index in [-0.39, 0.29) is 30.4 Å². The highest BCUT2D eigenvalue weighted by Gasteiger charge is 2.32. The van der Waals surface area contributed by atoms with Crippen molar-refractivity contribution in [3.05, 3.63) is 84.2 Å². The lowest BCUT2D eigenvalue weighted by molar-refractivity contribution is 0.177. The Labute approximate surface area is 265 Å². The first-order chi connectivity index (χ1) is 21.8. The number of fused-ring (bicyclic) bond motifs is 1.